The van der Waals surface area contributed by atoms with Crippen LogP contribution in [0.2, 0.25) is 0 Å². The summed E-state index contributed by atoms with van der Waals surface area (Å²) in [6, 6.07) is 8.06. The SMILES string of the molecule is COc1ccc(C(CN=C(N)N)N(C)C)cc1. The molecule has 1 aromatic rings. The summed E-state index contributed by atoms with van der Waals surface area (Å²) in [4.78, 5) is 6.14. The lowest BCUT2D eigenvalue weighted by molar-refractivity contribution is 0.306. The fraction of sp³-hybridized carbons (Fsp3) is 0.417. The number of methoxy groups -OCH3 is 1. The zero-order valence-corrected chi connectivity index (χ0v) is 10.6. The molecule has 0 aliphatic carbocycles. The van der Waals surface area contributed by atoms with E-state index in [1.165, 1.54) is 0 Å². The zero-order valence-electron chi connectivity index (χ0n) is 10.6. The molecule has 0 aromatic heterocycles. The van der Waals surface area contributed by atoms with Crippen molar-refractivity contribution in [1.29, 1.82) is 0 Å². The first-order chi connectivity index (χ1) is 8.04. The van der Waals surface area contributed by atoms with Crippen LogP contribution < -0.4 is 16.2 Å². The van der Waals surface area contributed by atoms with E-state index < -0.39 is 0 Å². The van der Waals surface area contributed by atoms with Gasteiger partial charge in [0.25, 0.3) is 0 Å². The number of benzene rings is 1. The van der Waals surface area contributed by atoms with Gasteiger partial charge in [-0.15, -0.1) is 0 Å². The molecular weight excluding hydrogens is 216 g/mol. The Morgan fingerprint density at radius 2 is 1.88 bits per heavy atom. The third-order valence-electron chi connectivity index (χ3n) is 2.57. The molecule has 5 nitrogen and oxygen atoms in total. The van der Waals surface area contributed by atoms with Gasteiger partial charge >= 0.3 is 0 Å². The minimum absolute atomic E-state index is 0.116. The number of rotatable bonds is 5. The highest BCUT2D eigenvalue weighted by Gasteiger charge is 2.13. The Labute approximate surface area is 102 Å². The van der Waals surface area contributed by atoms with Gasteiger partial charge in [-0.25, -0.2) is 0 Å². The number of ether oxygens (including phenoxy) is 1. The van der Waals surface area contributed by atoms with Crippen LogP contribution >= 0.6 is 0 Å². The quantitative estimate of drug-likeness (QED) is 0.579. The summed E-state index contributed by atoms with van der Waals surface area (Å²) in [5.74, 6) is 0.957. The minimum atomic E-state index is 0.116. The number of aliphatic imine (C=N–C) groups is 1. The van der Waals surface area contributed by atoms with Crippen LogP contribution in [0.3, 0.4) is 0 Å². The van der Waals surface area contributed by atoms with Crippen LogP contribution in [-0.4, -0.2) is 38.6 Å². The number of likely N-dealkylation sites (N-methyl/N-ethyl adjacent to an activating group) is 1. The summed E-state index contributed by atoms with van der Waals surface area (Å²) in [6.45, 7) is 0.543. The summed E-state index contributed by atoms with van der Waals surface area (Å²) in [5.41, 5.74) is 11.9. The van der Waals surface area contributed by atoms with Gasteiger partial charge in [-0.1, -0.05) is 12.1 Å². The number of hydrogen-bond donors (Lipinski definition) is 2. The largest absolute Gasteiger partial charge is 0.497 e. The Morgan fingerprint density at radius 3 is 2.29 bits per heavy atom. The predicted octanol–water partition coefficient (Wildman–Crippen LogP) is 0.571. The van der Waals surface area contributed by atoms with Gasteiger partial charge in [-0.2, -0.15) is 0 Å². The van der Waals surface area contributed by atoms with E-state index in [4.69, 9.17) is 16.2 Å². The molecule has 94 valence electrons. The lowest BCUT2D eigenvalue weighted by Gasteiger charge is -2.23. The topological polar surface area (TPSA) is 76.9 Å². The molecule has 0 fully saturated rings. The average molecular weight is 236 g/mol. The second-order valence-corrected chi connectivity index (χ2v) is 4.02. The van der Waals surface area contributed by atoms with Gasteiger partial charge in [-0.05, 0) is 31.8 Å². The van der Waals surface area contributed by atoms with E-state index in [2.05, 4.69) is 9.89 Å². The molecular formula is C12H20N4O. The molecule has 1 rings (SSSR count). The fourth-order valence-electron chi connectivity index (χ4n) is 1.58. The first-order valence-corrected chi connectivity index (χ1v) is 5.40. The number of hydrogen-bond acceptors (Lipinski definition) is 3. The molecule has 1 aromatic carbocycles. The Bertz CT molecular complexity index is 369. The molecule has 0 saturated heterocycles. The summed E-state index contributed by atoms with van der Waals surface area (Å²) in [6.07, 6.45) is 0. The van der Waals surface area contributed by atoms with Crippen LogP contribution in [0.5, 0.6) is 5.75 Å². The van der Waals surface area contributed by atoms with Crippen molar-refractivity contribution < 1.29 is 4.74 Å². The van der Waals surface area contributed by atoms with E-state index in [0.29, 0.717) is 6.54 Å². The van der Waals surface area contributed by atoms with Crippen LogP contribution in [0.15, 0.2) is 29.3 Å². The van der Waals surface area contributed by atoms with Crippen molar-refractivity contribution in [2.75, 3.05) is 27.7 Å². The second kappa shape index (κ2) is 6.10. The monoisotopic (exact) mass is 236 g/mol. The number of guanidine groups is 1. The molecule has 0 bridgehead atoms. The highest BCUT2D eigenvalue weighted by Crippen LogP contribution is 2.21. The average Bonchev–Trinajstić information content (AvgIpc) is 2.29. The van der Waals surface area contributed by atoms with Crippen molar-refractivity contribution in [3.63, 3.8) is 0 Å². The van der Waals surface area contributed by atoms with Gasteiger partial charge < -0.3 is 21.1 Å². The number of nitrogens with two attached hydrogens (primary N) is 2. The third kappa shape index (κ3) is 3.96. The molecule has 17 heavy (non-hydrogen) atoms. The smallest absolute Gasteiger partial charge is 0.185 e. The first kappa shape index (κ1) is 13.3. The van der Waals surface area contributed by atoms with E-state index in [0.717, 1.165) is 11.3 Å². The minimum Gasteiger partial charge on any atom is -0.497 e. The molecule has 0 aliphatic heterocycles. The predicted molar refractivity (Wildman–Crippen MR) is 70.1 cm³/mol. The number of nitrogens with zero attached hydrogens (tertiary/aromatic N) is 2. The molecule has 0 amide bonds. The molecule has 0 spiro atoms. The van der Waals surface area contributed by atoms with Crippen LogP contribution in [0, 0.1) is 0 Å². The first-order valence-electron chi connectivity index (χ1n) is 5.40. The summed E-state index contributed by atoms with van der Waals surface area (Å²) in [7, 11) is 5.64. The lowest BCUT2D eigenvalue weighted by Crippen LogP contribution is -2.27. The zero-order chi connectivity index (χ0) is 12.8. The van der Waals surface area contributed by atoms with Crippen molar-refractivity contribution >= 4 is 5.96 Å². The van der Waals surface area contributed by atoms with E-state index in [1.54, 1.807) is 7.11 Å². The van der Waals surface area contributed by atoms with Crippen molar-refractivity contribution in [3.05, 3.63) is 29.8 Å². The van der Waals surface area contributed by atoms with Crippen LogP contribution in [0.1, 0.15) is 11.6 Å². The maximum atomic E-state index is 5.35. The van der Waals surface area contributed by atoms with Crippen molar-refractivity contribution in [2.24, 2.45) is 16.5 Å². The maximum Gasteiger partial charge on any atom is 0.185 e. The highest BCUT2D eigenvalue weighted by atomic mass is 16.5. The van der Waals surface area contributed by atoms with Gasteiger partial charge in [0.1, 0.15) is 5.75 Å². The van der Waals surface area contributed by atoms with Crippen LogP contribution in [0.4, 0.5) is 0 Å². The van der Waals surface area contributed by atoms with Crippen LogP contribution in [0.25, 0.3) is 0 Å². The maximum absolute atomic E-state index is 5.35. The summed E-state index contributed by atoms with van der Waals surface area (Å²) < 4.78 is 5.13. The summed E-state index contributed by atoms with van der Waals surface area (Å²) >= 11 is 0. The molecule has 0 saturated carbocycles. The normalized spacial score (nSPS) is 12.2. The molecule has 0 aliphatic rings. The van der Waals surface area contributed by atoms with Gasteiger partial charge in [0, 0.05) is 0 Å². The van der Waals surface area contributed by atoms with E-state index >= 15 is 0 Å². The van der Waals surface area contributed by atoms with E-state index in [9.17, 15) is 0 Å². The molecule has 4 N–H and O–H groups in total. The highest BCUT2D eigenvalue weighted by molar-refractivity contribution is 5.75. The van der Waals surface area contributed by atoms with Crippen molar-refractivity contribution in [3.8, 4) is 5.75 Å². The van der Waals surface area contributed by atoms with Gasteiger partial charge in [-0.3, -0.25) is 4.99 Å². The molecule has 1 atom stereocenters. The van der Waals surface area contributed by atoms with E-state index in [1.807, 2.05) is 38.4 Å². The Balaban J connectivity index is 2.85. The van der Waals surface area contributed by atoms with Gasteiger partial charge in [0.2, 0.25) is 0 Å². The lowest BCUT2D eigenvalue weighted by atomic mass is 10.1. The van der Waals surface area contributed by atoms with Crippen molar-refractivity contribution in [1.82, 2.24) is 4.90 Å². The van der Waals surface area contributed by atoms with Gasteiger partial charge in [0.05, 0.1) is 19.7 Å². The van der Waals surface area contributed by atoms with E-state index in [-0.39, 0.29) is 12.0 Å². The second-order valence-electron chi connectivity index (χ2n) is 4.02. The Hall–Kier alpha value is -1.75. The van der Waals surface area contributed by atoms with Crippen LogP contribution in [-0.2, 0) is 0 Å². The molecule has 5 heteroatoms. The van der Waals surface area contributed by atoms with Crippen molar-refractivity contribution in [2.45, 2.75) is 6.04 Å². The Kier molecular flexibility index (Phi) is 4.78. The molecule has 0 radical (unpaired) electrons. The van der Waals surface area contributed by atoms with Gasteiger partial charge in [0.15, 0.2) is 5.96 Å². The third-order valence-corrected chi connectivity index (χ3v) is 2.57. The Morgan fingerprint density at radius 1 is 1.29 bits per heavy atom. The standard InChI is InChI=1S/C12H20N4O/c1-16(2)11(8-15-12(13)14)9-4-6-10(17-3)7-5-9/h4-7,11H,8H2,1-3H3,(H4,13,14,15). The fourth-order valence-corrected chi connectivity index (χ4v) is 1.58. The summed E-state index contributed by atoms with van der Waals surface area (Å²) in [5, 5.41) is 0. The molecule has 0 heterocycles. The molecule has 1 unspecified atom stereocenters.